The summed E-state index contributed by atoms with van der Waals surface area (Å²) in [6.07, 6.45) is 1.61. The standard InChI is InChI=1S/C21H15N3O2S/c25-20(18-12-7-13-27-18)17-14-24(16-10-5-2-6-11-16)23-19(17)21(26)22-15-8-3-1-4-9-15/h1-14H,(H,22,26). The largest absolute Gasteiger partial charge is 0.321 e. The Hall–Kier alpha value is -3.51. The SMILES string of the molecule is O=C(c1cccs1)c1cn(-c2ccccc2)nc1C(=O)Nc1ccccc1. The quantitative estimate of drug-likeness (QED) is 0.527. The van der Waals surface area contributed by atoms with Crippen LogP contribution in [0.4, 0.5) is 5.69 Å². The number of thiophene rings is 1. The maximum Gasteiger partial charge on any atom is 0.276 e. The van der Waals surface area contributed by atoms with Gasteiger partial charge in [0.15, 0.2) is 5.69 Å². The fourth-order valence-electron chi connectivity index (χ4n) is 2.67. The van der Waals surface area contributed by atoms with Crippen molar-refractivity contribution in [1.82, 2.24) is 9.78 Å². The third-order valence-electron chi connectivity index (χ3n) is 3.97. The van der Waals surface area contributed by atoms with E-state index in [0.29, 0.717) is 10.6 Å². The Kier molecular flexibility index (Phi) is 4.63. The number of rotatable bonds is 5. The molecule has 0 saturated carbocycles. The number of nitrogens with zero attached hydrogens (tertiary/aromatic N) is 2. The minimum atomic E-state index is -0.421. The van der Waals surface area contributed by atoms with Crippen LogP contribution in [0.1, 0.15) is 25.7 Å². The van der Waals surface area contributed by atoms with E-state index in [2.05, 4.69) is 10.4 Å². The molecule has 0 atom stereocenters. The second-order valence-electron chi connectivity index (χ2n) is 5.80. The monoisotopic (exact) mass is 373 g/mol. The third-order valence-corrected chi connectivity index (χ3v) is 4.84. The first-order chi connectivity index (χ1) is 13.2. The van der Waals surface area contributed by atoms with E-state index >= 15 is 0 Å². The fourth-order valence-corrected chi connectivity index (χ4v) is 3.35. The van der Waals surface area contributed by atoms with Gasteiger partial charge in [0.1, 0.15) is 0 Å². The van der Waals surface area contributed by atoms with Gasteiger partial charge in [-0.05, 0) is 35.7 Å². The minimum Gasteiger partial charge on any atom is -0.321 e. The predicted molar refractivity (Wildman–Crippen MR) is 106 cm³/mol. The van der Waals surface area contributed by atoms with Crippen molar-refractivity contribution in [2.45, 2.75) is 0 Å². The Bertz CT molecular complexity index is 1070. The molecule has 1 N–H and O–H groups in total. The first kappa shape index (κ1) is 16.9. The zero-order chi connectivity index (χ0) is 18.6. The van der Waals surface area contributed by atoms with Gasteiger partial charge in [-0.3, -0.25) is 9.59 Å². The van der Waals surface area contributed by atoms with Gasteiger partial charge >= 0.3 is 0 Å². The van der Waals surface area contributed by atoms with Crippen LogP contribution < -0.4 is 5.32 Å². The van der Waals surface area contributed by atoms with Gasteiger partial charge in [0, 0.05) is 11.9 Å². The second kappa shape index (κ2) is 7.39. The molecule has 0 bridgehead atoms. The summed E-state index contributed by atoms with van der Waals surface area (Å²) >= 11 is 1.34. The molecule has 0 radical (unpaired) electrons. The highest BCUT2D eigenvalue weighted by Gasteiger charge is 2.24. The van der Waals surface area contributed by atoms with Crippen LogP contribution in [-0.4, -0.2) is 21.5 Å². The van der Waals surface area contributed by atoms with Crippen LogP contribution >= 0.6 is 11.3 Å². The average Bonchev–Trinajstić information content (AvgIpc) is 3.39. The summed E-state index contributed by atoms with van der Waals surface area (Å²) < 4.78 is 1.56. The zero-order valence-corrected chi connectivity index (χ0v) is 15.0. The Labute approximate surface area is 159 Å². The molecule has 0 spiro atoms. The molecule has 0 aliphatic heterocycles. The molecule has 2 aromatic heterocycles. The number of benzene rings is 2. The first-order valence-electron chi connectivity index (χ1n) is 8.32. The number of anilines is 1. The highest BCUT2D eigenvalue weighted by atomic mass is 32.1. The van der Waals surface area contributed by atoms with E-state index in [-0.39, 0.29) is 17.0 Å². The normalized spacial score (nSPS) is 10.5. The molecule has 4 aromatic rings. The van der Waals surface area contributed by atoms with Gasteiger partial charge in [-0.2, -0.15) is 5.10 Å². The van der Waals surface area contributed by atoms with Crippen LogP contribution in [0.15, 0.2) is 84.4 Å². The molecule has 0 fully saturated rings. The van der Waals surface area contributed by atoms with Gasteiger partial charge in [0.05, 0.1) is 16.1 Å². The predicted octanol–water partition coefficient (Wildman–Crippen LogP) is 4.42. The number of carbonyl (C=O) groups is 2. The fraction of sp³-hybridized carbons (Fsp3) is 0. The zero-order valence-electron chi connectivity index (χ0n) is 14.2. The summed E-state index contributed by atoms with van der Waals surface area (Å²) in [6, 6.07) is 22.0. The van der Waals surface area contributed by atoms with Crippen molar-refractivity contribution in [2.24, 2.45) is 0 Å². The smallest absolute Gasteiger partial charge is 0.276 e. The molecule has 2 heterocycles. The van der Waals surface area contributed by atoms with Crippen molar-refractivity contribution in [3.8, 4) is 5.69 Å². The van der Waals surface area contributed by atoms with Crippen LogP contribution in [-0.2, 0) is 0 Å². The molecule has 2 aromatic carbocycles. The van der Waals surface area contributed by atoms with Gasteiger partial charge in [-0.15, -0.1) is 11.3 Å². The van der Waals surface area contributed by atoms with Crippen molar-refractivity contribution >= 4 is 28.7 Å². The molecule has 27 heavy (non-hydrogen) atoms. The van der Waals surface area contributed by atoms with Gasteiger partial charge in [-0.25, -0.2) is 4.68 Å². The Balaban J connectivity index is 1.75. The molecular weight excluding hydrogens is 358 g/mol. The van der Waals surface area contributed by atoms with Gasteiger partial charge < -0.3 is 5.32 Å². The minimum absolute atomic E-state index is 0.0982. The number of para-hydroxylation sites is 2. The van der Waals surface area contributed by atoms with E-state index < -0.39 is 5.91 Å². The topological polar surface area (TPSA) is 64.0 Å². The Morgan fingerprint density at radius 3 is 2.26 bits per heavy atom. The van der Waals surface area contributed by atoms with E-state index in [9.17, 15) is 9.59 Å². The molecule has 0 saturated heterocycles. The van der Waals surface area contributed by atoms with Crippen molar-refractivity contribution in [1.29, 1.82) is 0 Å². The number of ketones is 1. The molecule has 6 heteroatoms. The van der Waals surface area contributed by atoms with E-state index in [1.54, 1.807) is 29.1 Å². The van der Waals surface area contributed by atoms with Gasteiger partial charge in [-0.1, -0.05) is 42.5 Å². The van der Waals surface area contributed by atoms with Crippen molar-refractivity contribution < 1.29 is 9.59 Å². The summed E-state index contributed by atoms with van der Waals surface area (Å²) in [6.45, 7) is 0. The average molecular weight is 373 g/mol. The highest BCUT2D eigenvalue weighted by molar-refractivity contribution is 7.12. The molecule has 5 nitrogen and oxygen atoms in total. The maximum atomic E-state index is 12.9. The number of amides is 1. The highest BCUT2D eigenvalue weighted by Crippen LogP contribution is 2.20. The lowest BCUT2D eigenvalue weighted by Crippen LogP contribution is -2.16. The van der Waals surface area contributed by atoms with Crippen LogP contribution in [0, 0.1) is 0 Å². The van der Waals surface area contributed by atoms with E-state index in [1.807, 2.05) is 60.0 Å². The van der Waals surface area contributed by atoms with E-state index in [0.717, 1.165) is 5.69 Å². The molecule has 0 aliphatic rings. The Morgan fingerprint density at radius 2 is 1.59 bits per heavy atom. The summed E-state index contributed by atoms with van der Waals surface area (Å²) in [5.41, 5.74) is 1.79. The number of nitrogens with one attached hydrogen (secondary N) is 1. The van der Waals surface area contributed by atoms with E-state index in [1.165, 1.54) is 11.3 Å². The van der Waals surface area contributed by atoms with Crippen LogP contribution in [0.2, 0.25) is 0 Å². The van der Waals surface area contributed by atoms with Gasteiger partial charge in [0.25, 0.3) is 5.91 Å². The molecule has 0 aliphatic carbocycles. The molecule has 0 unspecified atom stereocenters. The lowest BCUT2D eigenvalue weighted by molar-refractivity contribution is 0.0995. The number of hydrogen-bond donors (Lipinski definition) is 1. The molecule has 1 amide bonds. The van der Waals surface area contributed by atoms with Gasteiger partial charge in [0.2, 0.25) is 5.78 Å². The Morgan fingerprint density at radius 1 is 0.889 bits per heavy atom. The summed E-state index contributed by atoms with van der Waals surface area (Å²) in [5.74, 6) is -0.638. The molecular formula is C21H15N3O2S. The summed E-state index contributed by atoms with van der Waals surface area (Å²) in [5, 5.41) is 9.03. The number of aromatic nitrogens is 2. The molecule has 132 valence electrons. The van der Waals surface area contributed by atoms with Crippen LogP contribution in [0.5, 0.6) is 0 Å². The summed E-state index contributed by atoms with van der Waals surface area (Å²) in [7, 11) is 0. The summed E-state index contributed by atoms with van der Waals surface area (Å²) in [4.78, 5) is 26.3. The molecule has 4 rings (SSSR count). The first-order valence-corrected chi connectivity index (χ1v) is 9.20. The van der Waals surface area contributed by atoms with Crippen molar-refractivity contribution in [3.05, 3.63) is 101 Å². The lowest BCUT2D eigenvalue weighted by Gasteiger charge is -2.04. The van der Waals surface area contributed by atoms with Crippen LogP contribution in [0.25, 0.3) is 5.69 Å². The third kappa shape index (κ3) is 3.56. The van der Waals surface area contributed by atoms with Crippen molar-refractivity contribution in [3.63, 3.8) is 0 Å². The van der Waals surface area contributed by atoms with Crippen LogP contribution in [0.3, 0.4) is 0 Å². The lowest BCUT2D eigenvalue weighted by atomic mass is 10.1. The van der Waals surface area contributed by atoms with E-state index in [4.69, 9.17) is 0 Å². The maximum absolute atomic E-state index is 12.9. The number of hydrogen-bond acceptors (Lipinski definition) is 4. The second-order valence-corrected chi connectivity index (χ2v) is 6.75. The number of carbonyl (C=O) groups excluding carboxylic acids is 2. The van der Waals surface area contributed by atoms with Crippen molar-refractivity contribution in [2.75, 3.05) is 5.32 Å².